The number of hydrogen-bond acceptors (Lipinski definition) is 7. The number of ether oxygens (including phenoxy) is 1. The number of anilines is 2. The fourth-order valence-corrected chi connectivity index (χ4v) is 3.68. The molecule has 136 valence electrons. The van der Waals surface area contributed by atoms with E-state index in [4.69, 9.17) is 4.74 Å². The van der Waals surface area contributed by atoms with Crippen LogP contribution in [0, 0.1) is 0 Å². The summed E-state index contributed by atoms with van der Waals surface area (Å²) in [5, 5.41) is 15.0. The molecule has 2 N–H and O–H groups in total. The number of nitrogens with zero attached hydrogens (tertiary/aromatic N) is 2. The first-order valence-corrected chi connectivity index (χ1v) is 10.2. The summed E-state index contributed by atoms with van der Waals surface area (Å²) in [5.41, 5.74) is 0.915. The van der Waals surface area contributed by atoms with Crippen LogP contribution in [0.2, 0.25) is 0 Å². The van der Waals surface area contributed by atoms with E-state index in [1.54, 1.807) is 7.11 Å². The Morgan fingerprint density at radius 2 is 2.00 bits per heavy atom. The minimum absolute atomic E-state index is 0.0429. The van der Waals surface area contributed by atoms with Crippen molar-refractivity contribution in [1.82, 2.24) is 15.5 Å². The highest BCUT2D eigenvalue weighted by Gasteiger charge is 2.08. The van der Waals surface area contributed by atoms with E-state index in [9.17, 15) is 4.79 Å². The predicted octanol–water partition coefficient (Wildman–Crippen LogP) is 4.08. The van der Waals surface area contributed by atoms with Gasteiger partial charge in [0.15, 0.2) is 4.34 Å². The third-order valence-corrected chi connectivity index (χ3v) is 5.40. The van der Waals surface area contributed by atoms with Gasteiger partial charge in [0.05, 0.1) is 12.9 Å². The van der Waals surface area contributed by atoms with Crippen LogP contribution in [0.4, 0.5) is 10.8 Å². The lowest BCUT2D eigenvalue weighted by molar-refractivity contribution is -0.118. The van der Waals surface area contributed by atoms with Gasteiger partial charge in [-0.3, -0.25) is 4.79 Å². The second-order valence-electron chi connectivity index (χ2n) is 5.43. The van der Waals surface area contributed by atoms with E-state index in [2.05, 4.69) is 27.8 Å². The van der Waals surface area contributed by atoms with Crippen LogP contribution in [0.1, 0.15) is 32.6 Å². The molecular weight excluding hydrogens is 356 g/mol. The van der Waals surface area contributed by atoms with E-state index in [0.717, 1.165) is 28.7 Å². The highest BCUT2D eigenvalue weighted by molar-refractivity contribution is 8.01. The SMILES string of the molecule is CCCCCCNC(=O)CSc1nnc(Nc2ccc(OC)cc2)s1. The van der Waals surface area contributed by atoms with Crippen LogP contribution in [0.25, 0.3) is 0 Å². The molecular formula is C17H24N4O2S2. The monoisotopic (exact) mass is 380 g/mol. The van der Waals surface area contributed by atoms with Gasteiger partial charge in [-0.15, -0.1) is 10.2 Å². The zero-order valence-electron chi connectivity index (χ0n) is 14.6. The molecule has 0 saturated carbocycles. The number of benzene rings is 1. The maximum Gasteiger partial charge on any atom is 0.230 e. The van der Waals surface area contributed by atoms with Crippen molar-refractivity contribution in [3.8, 4) is 5.75 Å². The minimum atomic E-state index is 0.0429. The Kier molecular flexibility index (Phi) is 8.54. The van der Waals surface area contributed by atoms with Gasteiger partial charge in [0.25, 0.3) is 0 Å². The quantitative estimate of drug-likeness (QED) is 0.452. The summed E-state index contributed by atoms with van der Waals surface area (Å²) in [7, 11) is 1.64. The molecule has 0 spiro atoms. The average Bonchev–Trinajstić information content (AvgIpc) is 3.08. The molecule has 0 aliphatic heterocycles. The molecule has 0 bridgehead atoms. The first kappa shape index (κ1) is 19.5. The molecule has 0 fully saturated rings. The highest BCUT2D eigenvalue weighted by Crippen LogP contribution is 2.28. The molecule has 1 amide bonds. The third-order valence-electron chi connectivity index (χ3n) is 3.43. The number of unbranched alkanes of at least 4 members (excludes halogenated alkanes) is 3. The molecule has 0 atom stereocenters. The van der Waals surface area contributed by atoms with Crippen LogP contribution in [0.3, 0.4) is 0 Å². The lowest BCUT2D eigenvalue weighted by Crippen LogP contribution is -2.26. The normalized spacial score (nSPS) is 10.5. The second kappa shape index (κ2) is 10.9. The number of carbonyl (C=O) groups excluding carboxylic acids is 1. The van der Waals surface area contributed by atoms with Gasteiger partial charge in [0.1, 0.15) is 5.75 Å². The van der Waals surface area contributed by atoms with Gasteiger partial charge in [0, 0.05) is 12.2 Å². The maximum atomic E-state index is 11.8. The fraction of sp³-hybridized carbons (Fsp3) is 0.471. The van der Waals surface area contributed by atoms with Crippen molar-refractivity contribution in [3.63, 3.8) is 0 Å². The van der Waals surface area contributed by atoms with E-state index in [0.29, 0.717) is 10.9 Å². The molecule has 0 aliphatic rings. The Morgan fingerprint density at radius 1 is 1.20 bits per heavy atom. The Morgan fingerprint density at radius 3 is 2.72 bits per heavy atom. The molecule has 25 heavy (non-hydrogen) atoms. The average molecular weight is 381 g/mol. The number of nitrogens with one attached hydrogen (secondary N) is 2. The molecule has 0 radical (unpaired) electrons. The van der Waals surface area contributed by atoms with Gasteiger partial charge in [-0.05, 0) is 30.7 Å². The first-order valence-electron chi connectivity index (χ1n) is 8.35. The van der Waals surface area contributed by atoms with Crippen molar-refractivity contribution < 1.29 is 9.53 Å². The molecule has 0 saturated heterocycles. The van der Waals surface area contributed by atoms with Gasteiger partial charge < -0.3 is 15.4 Å². The molecule has 1 aromatic carbocycles. The number of thioether (sulfide) groups is 1. The van der Waals surface area contributed by atoms with Crippen LogP contribution in [-0.2, 0) is 4.79 Å². The molecule has 1 aromatic heterocycles. The number of amides is 1. The van der Waals surface area contributed by atoms with Crippen molar-refractivity contribution in [2.24, 2.45) is 0 Å². The summed E-state index contributed by atoms with van der Waals surface area (Å²) in [4.78, 5) is 11.8. The van der Waals surface area contributed by atoms with E-state index < -0.39 is 0 Å². The topological polar surface area (TPSA) is 76.1 Å². The summed E-state index contributed by atoms with van der Waals surface area (Å²) in [6.07, 6.45) is 4.63. The summed E-state index contributed by atoms with van der Waals surface area (Å²) in [6.45, 7) is 2.93. The fourth-order valence-electron chi connectivity index (χ4n) is 2.07. The summed E-state index contributed by atoms with van der Waals surface area (Å²) in [6, 6.07) is 7.59. The van der Waals surface area contributed by atoms with Crippen molar-refractivity contribution in [1.29, 1.82) is 0 Å². The van der Waals surface area contributed by atoms with Gasteiger partial charge in [-0.2, -0.15) is 0 Å². The molecule has 8 heteroatoms. The Balaban J connectivity index is 1.70. The molecule has 1 heterocycles. The zero-order valence-corrected chi connectivity index (χ0v) is 16.2. The number of hydrogen-bond donors (Lipinski definition) is 2. The maximum absolute atomic E-state index is 11.8. The first-order chi connectivity index (χ1) is 12.2. The van der Waals surface area contributed by atoms with Crippen molar-refractivity contribution in [2.75, 3.05) is 24.7 Å². The number of rotatable bonds is 11. The number of methoxy groups -OCH3 is 1. The van der Waals surface area contributed by atoms with E-state index >= 15 is 0 Å². The Labute approximate surface area is 156 Å². The Bertz CT molecular complexity index is 646. The third kappa shape index (κ3) is 7.31. The van der Waals surface area contributed by atoms with Crippen LogP contribution >= 0.6 is 23.1 Å². The molecule has 6 nitrogen and oxygen atoms in total. The Hall–Kier alpha value is -1.80. The molecule has 2 aromatic rings. The van der Waals surface area contributed by atoms with Crippen molar-refractivity contribution in [2.45, 2.75) is 36.9 Å². The summed E-state index contributed by atoms with van der Waals surface area (Å²) < 4.78 is 5.91. The minimum Gasteiger partial charge on any atom is -0.497 e. The molecule has 0 aliphatic carbocycles. The van der Waals surface area contributed by atoms with Crippen LogP contribution < -0.4 is 15.4 Å². The van der Waals surface area contributed by atoms with E-state index in [1.165, 1.54) is 42.4 Å². The zero-order chi connectivity index (χ0) is 17.9. The summed E-state index contributed by atoms with van der Waals surface area (Å²) >= 11 is 2.84. The number of carbonyl (C=O) groups is 1. The van der Waals surface area contributed by atoms with E-state index in [1.807, 2.05) is 24.3 Å². The van der Waals surface area contributed by atoms with Gasteiger partial charge in [-0.25, -0.2) is 0 Å². The van der Waals surface area contributed by atoms with Gasteiger partial charge >= 0.3 is 0 Å². The lowest BCUT2D eigenvalue weighted by Gasteiger charge is -2.03. The lowest BCUT2D eigenvalue weighted by atomic mass is 10.2. The molecule has 2 rings (SSSR count). The number of aromatic nitrogens is 2. The van der Waals surface area contributed by atoms with Crippen molar-refractivity contribution >= 4 is 39.8 Å². The van der Waals surface area contributed by atoms with Crippen molar-refractivity contribution in [3.05, 3.63) is 24.3 Å². The second-order valence-corrected chi connectivity index (χ2v) is 7.63. The van der Waals surface area contributed by atoms with Crippen LogP contribution in [-0.4, -0.2) is 35.5 Å². The smallest absolute Gasteiger partial charge is 0.230 e. The van der Waals surface area contributed by atoms with Crippen LogP contribution in [0.15, 0.2) is 28.6 Å². The predicted molar refractivity (Wildman–Crippen MR) is 104 cm³/mol. The molecule has 0 unspecified atom stereocenters. The van der Waals surface area contributed by atoms with E-state index in [-0.39, 0.29) is 5.91 Å². The van der Waals surface area contributed by atoms with Gasteiger partial charge in [-0.1, -0.05) is 49.3 Å². The highest BCUT2D eigenvalue weighted by atomic mass is 32.2. The summed E-state index contributed by atoms with van der Waals surface area (Å²) in [5.74, 6) is 1.21. The standard InChI is InChI=1S/C17H24N4O2S2/c1-3-4-5-6-11-18-15(22)12-24-17-21-20-16(25-17)19-13-7-9-14(23-2)10-8-13/h7-10H,3-6,11-12H2,1-2H3,(H,18,22)(H,19,20). The largest absolute Gasteiger partial charge is 0.497 e. The van der Waals surface area contributed by atoms with Gasteiger partial charge in [0.2, 0.25) is 11.0 Å². The van der Waals surface area contributed by atoms with Crippen LogP contribution in [0.5, 0.6) is 5.75 Å².